The van der Waals surface area contributed by atoms with Crippen molar-refractivity contribution in [2.45, 2.75) is 45.6 Å². The van der Waals surface area contributed by atoms with Gasteiger partial charge in [0.05, 0.1) is 6.21 Å². The van der Waals surface area contributed by atoms with E-state index in [-0.39, 0.29) is 11.4 Å². The Morgan fingerprint density at radius 2 is 2.15 bits per heavy atom. The minimum atomic E-state index is -0.313. The van der Waals surface area contributed by atoms with E-state index in [0.717, 1.165) is 17.5 Å². The van der Waals surface area contributed by atoms with Crippen LogP contribution in [0.2, 0.25) is 0 Å². The maximum Gasteiger partial charge on any atom is 0.289 e. The Hall–Kier alpha value is -2.69. The predicted octanol–water partition coefficient (Wildman–Crippen LogP) is 3.88. The Morgan fingerprint density at radius 1 is 1.38 bits per heavy atom. The number of hydrogen-bond acceptors (Lipinski definition) is 4. The van der Waals surface area contributed by atoms with Crippen LogP contribution in [0.25, 0.3) is 0 Å². The lowest BCUT2D eigenvalue weighted by molar-refractivity contribution is 0.0950. The molecule has 2 heterocycles. The second-order valence-corrected chi connectivity index (χ2v) is 7.66. The molecule has 0 radical (unpaired) electrons. The molecule has 1 aromatic carbocycles. The van der Waals surface area contributed by atoms with E-state index in [1.165, 1.54) is 11.3 Å². The summed E-state index contributed by atoms with van der Waals surface area (Å²) in [6.07, 6.45) is 4.40. The van der Waals surface area contributed by atoms with Gasteiger partial charge in [0.15, 0.2) is 0 Å². The third-order valence-electron chi connectivity index (χ3n) is 5.29. The van der Waals surface area contributed by atoms with Crippen molar-refractivity contribution in [2.24, 2.45) is 5.10 Å². The van der Waals surface area contributed by atoms with Crippen molar-refractivity contribution in [3.63, 3.8) is 0 Å². The first-order valence-corrected chi connectivity index (χ1v) is 8.92. The molecule has 0 fully saturated rings. The number of nitrogens with one attached hydrogen (secondary N) is 1. The van der Waals surface area contributed by atoms with E-state index in [1.54, 1.807) is 30.6 Å². The normalized spacial score (nSPS) is 18.7. The van der Waals surface area contributed by atoms with E-state index in [4.69, 9.17) is 0 Å². The van der Waals surface area contributed by atoms with Gasteiger partial charge in [-0.3, -0.25) is 9.78 Å². The number of aryl methyl sites for hydroxylation is 1. The van der Waals surface area contributed by atoms with Crippen LogP contribution in [-0.2, 0) is 0 Å². The molecule has 5 heteroatoms. The van der Waals surface area contributed by atoms with Crippen LogP contribution in [0.5, 0.6) is 0 Å². The van der Waals surface area contributed by atoms with Gasteiger partial charge in [-0.05, 0) is 74.1 Å². The summed E-state index contributed by atoms with van der Waals surface area (Å²) < 4.78 is 0. The maximum absolute atomic E-state index is 12.0. The third-order valence-corrected chi connectivity index (χ3v) is 5.29. The van der Waals surface area contributed by atoms with Crippen LogP contribution in [-0.4, -0.2) is 29.7 Å². The highest BCUT2D eigenvalue weighted by molar-refractivity contribution is 5.93. The number of aromatic nitrogens is 1. The monoisotopic (exact) mass is 350 g/mol. The third kappa shape index (κ3) is 3.47. The summed E-state index contributed by atoms with van der Waals surface area (Å²) in [5.41, 5.74) is 7.80. The van der Waals surface area contributed by atoms with Crippen LogP contribution in [0.1, 0.15) is 60.3 Å². The molecular weight excluding hydrogens is 324 g/mol. The second kappa shape index (κ2) is 6.90. The Morgan fingerprint density at radius 3 is 2.85 bits per heavy atom. The van der Waals surface area contributed by atoms with Crippen molar-refractivity contribution in [3.05, 3.63) is 58.9 Å². The number of amides is 1. The van der Waals surface area contributed by atoms with Gasteiger partial charge in [-0.25, -0.2) is 5.43 Å². The van der Waals surface area contributed by atoms with Gasteiger partial charge in [-0.15, -0.1) is 0 Å². The number of fused-ring (bicyclic) bond motifs is 1. The first-order chi connectivity index (χ1) is 12.3. The Labute approximate surface area is 155 Å². The highest BCUT2D eigenvalue weighted by Crippen LogP contribution is 2.43. The van der Waals surface area contributed by atoms with Crippen molar-refractivity contribution in [1.29, 1.82) is 0 Å². The number of hydrazone groups is 1. The molecule has 0 spiro atoms. The second-order valence-electron chi connectivity index (χ2n) is 7.66. The lowest BCUT2D eigenvalue weighted by atomic mass is 9.79. The molecule has 0 saturated heterocycles. The van der Waals surface area contributed by atoms with Crippen LogP contribution in [0.15, 0.2) is 41.6 Å². The van der Waals surface area contributed by atoms with Crippen LogP contribution in [0.4, 0.5) is 5.69 Å². The molecule has 0 saturated carbocycles. The molecule has 0 aliphatic carbocycles. The maximum atomic E-state index is 12.0. The molecule has 2 aromatic rings. The smallest absolute Gasteiger partial charge is 0.289 e. The quantitative estimate of drug-likeness (QED) is 0.675. The number of anilines is 1. The summed E-state index contributed by atoms with van der Waals surface area (Å²) >= 11 is 0. The average Bonchev–Trinajstić information content (AvgIpc) is 2.61. The zero-order valence-electron chi connectivity index (χ0n) is 16.1. The summed E-state index contributed by atoms with van der Waals surface area (Å²) in [6.45, 7) is 8.91. The topological polar surface area (TPSA) is 57.6 Å². The van der Waals surface area contributed by atoms with Gasteiger partial charge in [0, 0.05) is 24.5 Å². The van der Waals surface area contributed by atoms with Gasteiger partial charge in [0.2, 0.25) is 0 Å². The number of benzene rings is 1. The van der Waals surface area contributed by atoms with E-state index in [0.29, 0.717) is 11.6 Å². The molecule has 1 aromatic heterocycles. The molecule has 0 unspecified atom stereocenters. The van der Waals surface area contributed by atoms with E-state index in [2.05, 4.69) is 67.3 Å². The summed E-state index contributed by atoms with van der Waals surface area (Å²) in [6, 6.07) is 9.62. The summed E-state index contributed by atoms with van der Waals surface area (Å²) in [5.74, 6) is 0.166. The number of pyridine rings is 1. The molecule has 26 heavy (non-hydrogen) atoms. The van der Waals surface area contributed by atoms with Gasteiger partial charge in [-0.2, -0.15) is 5.10 Å². The fraction of sp³-hybridized carbons (Fsp3) is 0.381. The number of hydrogen-bond donors (Lipinski definition) is 1. The first-order valence-electron chi connectivity index (χ1n) is 8.92. The van der Waals surface area contributed by atoms with Crippen molar-refractivity contribution in [2.75, 3.05) is 11.9 Å². The molecule has 136 valence electrons. The van der Waals surface area contributed by atoms with Gasteiger partial charge in [0.1, 0.15) is 5.69 Å². The zero-order valence-corrected chi connectivity index (χ0v) is 16.1. The summed E-state index contributed by atoms with van der Waals surface area (Å²) in [5, 5.41) is 4.12. The summed E-state index contributed by atoms with van der Waals surface area (Å²) in [4.78, 5) is 18.4. The molecule has 1 amide bonds. The molecule has 3 rings (SSSR count). The Bertz CT molecular complexity index is 843. The molecule has 1 N–H and O–H groups in total. The largest absolute Gasteiger partial charge is 0.369 e. The molecule has 5 nitrogen and oxygen atoms in total. The standard InChI is InChI=1S/C21H26N4O/c1-14-10-19-17(15(2)12-21(3,4)25(19)5)11-16(14)13-23-24-20(26)18-8-6-7-9-22-18/h6-11,13,15H,12H2,1-5H3,(H,24,26)/b23-13-/t15-/m1/s1. The molecular formula is C21H26N4O. The highest BCUT2D eigenvalue weighted by atomic mass is 16.2. The van der Waals surface area contributed by atoms with Crippen molar-refractivity contribution in [1.82, 2.24) is 10.4 Å². The highest BCUT2D eigenvalue weighted by Gasteiger charge is 2.34. The lowest BCUT2D eigenvalue weighted by Gasteiger charge is -2.45. The van der Waals surface area contributed by atoms with Crippen molar-refractivity contribution < 1.29 is 4.79 Å². The number of carbonyl (C=O) groups excluding carboxylic acids is 1. The van der Waals surface area contributed by atoms with E-state index >= 15 is 0 Å². The number of carbonyl (C=O) groups is 1. The van der Waals surface area contributed by atoms with Gasteiger partial charge < -0.3 is 4.90 Å². The predicted molar refractivity (Wildman–Crippen MR) is 106 cm³/mol. The summed E-state index contributed by atoms with van der Waals surface area (Å²) in [7, 11) is 2.16. The van der Waals surface area contributed by atoms with E-state index in [9.17, 15) is 4.79 Å². The zero-order chi connectivity index (χ0) is 18.9. The van der Waals surface area contributed by atoms with Crippen molar-refractivity contribution >= 4 is 17.8 Å². The molecule has 1 aliphatic rings. The van der Waals surface area contributed by atoms with Gasteiger partial charge in [-0.1, -0.05) is 13.0 Å². The fourth-order valence-electron chi connectivity index (χ4n) is 3.59. The van der Waals surface area contributed by atoms with Crippen LogP contribution in [0.3, 0.4) is 0 Å². The Kier molecular flexibility index (Phi) is 4.81. The first kappa shape index (κ1) is 18.1. The van der Waals surface area contributed by atoms with Gasteiger partial charge >= 0.3 is 0 Å². The number of rotatable bonds is 3. The van der Waals surface area contributed by atoms with Crippen LogP contribution < -0.4 is 10.3 Å². The SMILES string of the molecule is Cc1cc2c(cc1/C=N\NC(=O)c1ccccn1)[C@H](C)CC(C)(C)N2C. The fourth-order valence-corrected chi connectivity index (χ4v) is 3.59. The minimum absolute atomic E-state index is 0.144. The Balaban J connectivity index is 1.82. The minimum Gasteiger partial charge on any atom is -0.369 e. The van der Waals surface area contributed by atoms with Crippen LogP contribution >= 0.6 is 0 Å². The lowest BCUT2D eigenvalue weighted by Crippen LogP contribution is -2.45. The number of nitrogens with zero attached hydrogens (tertiary/aromatic N) is 3. The van der Waals surface area contributed by atoms with E-state index in [1.807, 2.05) is 0 Å². The van der Waals surface area contributed by atoms with E-state index < -0.39 is 0 Å². The molecule has 1 aliphatic heterocycles. The molecule has 1 atom stereocenters. The average molecular weight is 350 g/mol. The van der Waals surface area contributed by atoms with Gasteiger partial charge in [0.25, 0.3) is 5.91 Å². The van der Waals surface area contributed by atoms with Crippen molar-refractivity contribution in [3.8, 4) is 0 Å². The molecule has 0 bridgehead atoms. The van der Waals surface area contributed by atoms with Crippen LogP contribution in [0, 0.1) is 6.92 Å².